The quantitative estimate of drug-likeness (QED) is 0.630. The lowest BCUT2D eigenvalue weighted by molar-refractivity contribution is 0.000335. The van der Waals surface area contributed by atoms with Gasteiger partial charge < -0.3 is 19.1 Å². The summed E-state index contributed by atoms with van der Waals surface area (Å²) in [5.74, 6) is 0.202. The van der Waals surface area contributed by atoms with Gasteiger partial charge in [-0.3, -0.25) is 4.90 Å². The first kappa shape index (κ1) is 22.5. The van der Waals surface area contributed by atoms with E-state index in [0.717, 1.165) is 24.1 Å². The lowest BCUT2D eigenvalue weighted by atomic mass is 10.2. The molecule has 0 N–H and O–H groups in total. The minimum Gasteiger partial charge on any atom is -0.492 e. The molecule has 1 aromatic rings. The molecule has 1 aliphatic heterocycles. The third-order valence-corrected chi connectivity index (χ3v) is 4.77. The predicted molar refractivity (Wildman–Crippen MR) is 110 cm³/mol. The van der Waals surface area contributed by atoms with E-state index in [1.165, 1.54) is 7.11 Å². The number of nitrogens with zero attached hydrogens (tertiary/aromatic N) is 2. The third-order valence-electron chi connectivity index (χ3n) is 4.31. The van der Waals surface area contributed by atoms with Crippen molar-refractivity contribution in [1.29, 1.82) is 0 Å². The molecule has 0 bridgehead atoms. The maximum absolute atomic E-state index is 12.3. The van der Waals surface area contributed by atoms with Crippen LogP contribution in [0.15, 0.2) is 22.7 Å². The smallest absolute Gasteiger partial charge is 0.410 e. The average Bonchev–Trinajstić information content (AvgIpc) is 2.59. The molecule has 1 aromatic carbocycles. The summed E-state index contributed by atoms with van der Waals surface area (Å²) in [6, 6.07) is 5.24. The van der Waals surface area contributed by atoms with E-state index in [9.17, 15) is 9.59 Å². The Hall–Kier alpha value is -1.80. The lowest BCUT2D eigenvalue weighted by Gasteiger charge is -2.40. The summed E-state index contributed by atoms with van der Waals surface area (Å²) in [7, 11) is 1.35. The Morgan fingerprint density at radius 1 is 1.21 bits per heavy atom. The van der Waals surface area contributed by atoms with Crippen LogP contribution in [-0.4, -0.2) is 73.4 Å². The van der Waals surface area contributed by atoms with Crippen LogP contribution in [0.5, 0.6) is 5.75 Å². The maximum Gasteiger partial charge on any atom is 0.410 e. The summed E-state index contributed by atoms with van der Waals surface area (Å²) >= 11 is 3.38. The molecule has 0 radical (unpaired) electrons. The third kappa shape index (κ3) is 6.67. The number of halogens is 1. The van der Waals surface area contributed by atoms with Crippen LogP contribution >= 0.6 is 15.9 Å². The van der Waals surface area contributed by atoms with Crippen LogP contribution in [0.3, 0.4) is 0 Å². The molecule has 0 unspecified atom stereocenters. The monoisotopic (exact) mass is 456 g/mol. The second-order valence-electron chi connectivity index (χ2n) is 7.84. The number of benzene rings is 1. The standard InChI is InChI=1S/C20H29BrN2O5/c1-14-13-22(6-7-23(14)19(25)28-20(2,3)4)8-9-27-17-11-15(18(24)26-5)10-16(21)12-17/h10-12,14H,6-9,13H2,1-5H3/t14-/m0/s1. The Morgan fingerprint density at radius 3 is 2.54 bits per heavy atom. The van der Waals surface area contributed by atoms with E-state index in [0.29, 0.717) is 24.5 Å². The van der Waals surface area contributed by atoms with Gasteiger partial charge in [-0.15, -0.1) is 0 Å². The fraction of sp³-hybridized carbons (Fsp3) is 0.600. The first-order valence-corrected chi connectivity index (χ1v) is 10.1. The van der Waals surface area contributed by atoms with Gasteiger partial charge in [0.2, 0.25) is 0 Å². The normalized spacial score (nSPS) is 17.9. The Balaban J connectivity index is 1.83. The van der Waals surface area contributed by atoms with Crippen molar-refractivity contribution in [2.75, 3.05) is 39.9 Å². The zero-order valence-electron chi connectivity index (χ0n) is 17.2. The highest BCUT2D eigenvalue weighted by Crippen LogP contribution is 2.22. The van der Waals surface area contributed by atoms with E-state index in [2.05, 4.69) is 20.8 Å². The Morgan fingerprint density at radius 2 is 1.93 bits per heavy atom. The molecule has 0 saturated carbocycles. The number of ether oxygens (including phenoxy) is 3. The fourth-order valence-corrected chi connectivity index (χ4v) is 3.47. The Bertz CT molecular complexity index is 704. The van der Waals surface area contributed by atoms with Gasteiger partial charge in [-0.05, 0) is 45.9 Å². The second kappa shape index (κ2) is 9.60. The van der Waals surface area contributed by atoms with Crippen molar-refractivity contribution in [3.63, 3.8) is 0 Å². The molecule has 2 rings (SSSR count). The van der Waals surface area contributed by atoms with Crippen molar-refractivity contribution >= 4 is 28.0 Å². The number of esters is 1. The van der Waals surface area contributed by atoms with Gasteiger partial charge in [-0.2, -0.15) is 0 Å². The number of carbonyl (C=O) groups is 2. The van der Waals surface area contributed by atoms with Crippen LogP contribution in [0.4, 0.5) is 4.79 Å². The lowest BCUT2D eigenvalue weighted by Crippen LogP contribution is -2.55. The molecule has 1 atom stereocenters. The highest BCUT2D eigenvalue weighted by Gasteiger charge is 2.30. The largest absolute Gasteiger partial charge is 0.492 e. The number of carbonyl (C=O) groups excluding carboxylic acids is 2. The molecule has 0 spiro atoms. The zero-order valence-corrected chi connectivity index (χ0v) is 18.7. The van der Waals surface area contributed by atoms with E-state index in [-0.39, 0.29) is 12.1 Å². The maximum atomic E-state index is 12.3. The predicted octanol–water partition coefficient (Wildman–Crippen LogP) is 3.56. The SMILES string of the molecule is COC(=O)c1cc(Br)cc(OCCN2CCN(C(=O)OC(C)(C)C)[C@@H](C)C2)c1. The van der Waals surface area contributed by atoms with Crippen LogP contribution in [0.1, 0.15) is 38.1 Å². The first-order chi connectivity index (χ1) is 13.1. The number of amides is 1. The number of methoxy groups -OCH3 is 1. The van der Waals surface area contributed by atoms with E-state index < -0.39 is 11.6 Å². The number of piperazine rings is 1. The van der Waals surface area contributed by atoms with E-state index in [4.69, 9.17) is 14.2 Å². The molecule has 0 aromatic heterocycles. The summed E-state index contributed by atoms with van der Waals surface area (Å²) in [4.78, 5) is 28.0. The van der Waals surface area contributed by atoms with Crippen molar-refractivity contribution in [2.45, 2.75) is 39.3 Å². The summed E-state index contributed by atoms with van der Waals surface area (Å²) in [6.07, 6.45) is -0.264. The molecule has 1 fully saturated rings. The Labute approximate surface area is 175 Å². The van der Waals surface area contributed by atoms with Crippen molar-refractivity contribution in [1.82, 2.24) is 9.80 Å². The van der Waals surface area contributed by atoms with E-state index in [1.807, 2.05) is 33.8 Å². The number of hydrogen-bond donors (Lipinski definition) is 0. The molecule has 1 heterocycles. The van der Waals surface area contributed by atoms with Gasteiger partial charge in [-0.25, -0.2) is 9.59 Å². The van der Waals surface area contributed by atoms with E-state index >= 15 is 0 Å². The van der Waals surface area contributed by atoms with Gasteiger partial charge >= 0.3 is 12.1 Å². The molecule has 156 valence electrons. The van der Waals surface area contributed by atoms with E-state index in [1.54, 1.807) is 17.0 Å². The molecule has 28 heavy (non-hydrogen) atoms. The van der Waals surface area contributed by atoms with Crippen molar-refractivity contribution in [3.05, 3.63) is 28.2 Å². The molecule has 1 amide bonds. The molecule has 1 saturated heterocycles. The number of rotatable bonds is 5. The van der Waals surface area contributed by atoms with Crippen LogP contribution < -0.4 is 4.74 Å². The second-order valence-corrected chi connectivity index (χ2v) is 8.75. The van der Waals surface area contributed by atoms with Gasteiger partial charge in [0.05, 0.1) is 12.7 Å². The zero-order chi connectivity index (χ0) is 20.9. The molecule has 8 heteroatoms. The molecule has 0 aliphatic carbocycles. The van der Waals surface area contributed by atoms with Gasteiger partial charge in [0.1, 0.15) is 18.0 Å². The fourth-order valence-electron chi connectivity index (χ4n) is 3.00. The van der Waals surface area contributed by atoms with Crippen LogP contribution in [0, 0.1) is 0 Å². The average molecular weight is 457 g/mol. The Kier molecular flexibility index (Phi) is 7.71. The minimum absolute atomic E-state index is 0.0698. The molecule has 1 aliphatic rings. The van der Waals surface area contributed by atoms with Crippen LogP contribution in [-0.2, 0) is 9.47 Å². The summed E-state index contributed by atoms with van der Waals surface area (Å²) in [5, 5.41) is 0. The highest BCUT2D eigenvalue weighted by atomic mass is 79.9. The summed E-state index contributed by atoms with van der Waals surface area (Å²) < 4.78 is 16.8. The molecular weight excluding hydrogens is 428 g/mol. The van der Waals surface area contributed by atoms with Crippen molar-refractivity contribution in [3.8, 4) is 5.75 Å². The van der Waals surface area contributed by atoms with Crippen molar-refractivity contribution in [2.24, 2.45) is 0 Å². The molecular formula is C20H29BrN2O5. The molecule has 7 nitrogen and oxygen atoms in total. The van der Waals surface area contributed by atoms with Crippen LogP contribution in [0.2, 0.25) is 0 Å². The topological polar surface area (TPSA) is 68.3 Å². The summed E-state index contributed by atoms with van der Waals surface area (Å²) in [5.41, 5.74) is -0.0547. The van der Waals surface area contributed by atoms with Gasteiger partial charge in [-0.1, -0.05) is 15.9 Å². The van der Waals surface area contributed by atoms with Gasteiger partial charge in [0.15, 0.2) is 0 Å². The number of hydrogen-bond acceptors (Lipinski definition) is 6. The highest BCUT2D eigenvalue weighted by molar-refractivity contribution is 9.10. The van der Waals surface area contributed by atoms with Crippen molar-refractivity contribution < 1.29 is 23.8 Å². The minimum atomic E-state index is -0.491. The van der Waals surface area contributed by atoms with Crippen LogP contribution in [0.25, 0.3) is 0 Å². The van der Waals surface area contributed by atoms with Gasteiger partial charge in [0, 0.05) is 36.7 Å². The first-order valence-electron chi connectivity index (χ1n) is 9.33. The summed E-state index contributed by atoms with van der Waals surface area (Å²) in [6.45, 7) is 11.0. The van der Waals surface area contributed by atoms with Gasteiger partial charge in [0.25, 0.3) is 0 Å².